The van der Waals surface area contributed by atoms with Gasteiger partial charge in [0, 0.05) is 12.0 Å². The van der Waals surface area contributed by atoms with Crippen molar-refractivity contribution >= 4 is 17.4 Å². The molecule has 0 atom stereocenters. The van der Waals surface area contributed by atoms with E-state index in [1.165, 1.54) is 6.92 Å². The Balaban J connectivity index is 2.06. The zero-order chi connectivity index (χ0) is 17.4. The summed E-state index contributed by atoms with van der Waals surface area (Å²) in [6.07, 6.45) is 1.92. The number of hydrogen-bond donors (Lipinski definition) is 1. The zero-order valence-corrected chi connectivity index (χ0v) is 14.2. The number of benzene rings is 2. The van der Waals surface area contributed by atoms with Gasteiger partial charge in [0.2, 0.25) is 5.91 Å². The first-order valence-corrected chi connectivity index (χ1v) is 8.21. The Kier molecular flexibility index (Phi) is 6.55. The summed E-state index contributed by atoms with van der Waals surface area (Å²) in [5.74, 6) is 0.452. The van der Waals surface area contributed by atoms with Gasteiger partial charge in [0.25, 0.3) is 0 Å². The van der Waals surface area contributed by atoms with E-state index in [0.717, 1.165) is 12.0 Å². The molecule has 0 heterocycles. The summed E-state index contributed by atoms with van der Waals surface area (Å²) < 4.78 is 5.66. The quantitative estimate of drug-likeness (QED) is 0.738. The molecule has 0 aliphatic rings. The molecule has 126 valence electrons. The second-order valence-electron chi connectivity index (χ2n) is 5.65. The van der Waals surface area contributed by atoms with Gasteiger partial charge in [-0.3, -0.25) is 9.59 Å². The zero-order valence-electron chi connectivity index (χ0n) is 14.2. The van der Waals surface area contributed by atoms with Crippen molar-refractivity contribution in [3.05, 3.63) is 59.7 Å². The molecule has 2 aromatic carbocycles. The highest BCUT2D eigenvalue weighted by Gasteiger charge is 2.11. The van der Waals surface area contributed by atoms with Crippen LogP contribution < -0.4 is 10.1 Å². The molecule has 1 N–H and O–H groups in total. The van der Waals surface area contributed by atoms with Crippen molar-refractivity contribution in [1.82, 2.24) is 0 Å². The maximum atomic E-state index is 12.2. The minimum atomic E-state index is -0.0964. The summed E-state index contributed by atoms with van der Waals surface area (Å²) in [6, 6.07) is 15.0. The van der Waals surface area contributed by atoms with Gasteiger partial charge in [-0.25, -0.2) is 0 Å². The molecule has 2 aromatic rings. The van der Waals surface area contributed by atoms with Crippen LogP contribution in [0.5, 0.6) is 5.75 Å². The number of amides is 1. The molecule has 0 aliphatic heterocycles. The van der Waals surface area contributed by atoms with Crippen molar-refractivity contribution in [2.45, 2.75) is 33.1 Å². The van der Waals surface area contributed by atoms with E-state index in [9.17, 15) is 9.59 Å². The maximum Gasteiger partial charge on any atom is 0.224 e. The SMILES string of the molecule is CCCOc1ccc(C(C)=O)cc1NC(=O)CCc1ccccc1. The van der Waals surface area contributed by atoms with Gasteiger partial charge in [-0.05, 0) is 43.5 Å². The third-order valence-electron chi connectivity index (χ3n) is 3.61. The van der Waals surface area contributed by atoms with Gasteiger partial charge < -0.3 is 10.1 Å². The minimum absolute atomic E-state index is 0.0446. The number of aryl methyl sites for hydroxylation is 1. The molecule has 0 bridgehead atoms. The van der Waals surface area contributed by atoms with Crippen molar-refractivity contribution in [3.63, 3.8) is 0 Å². The van der Waals surface area contributed by atoms with E-state index in [4.69, 9.17) is 4.74 Å². The summed E-state index contributed by atoms with van der Waals surface area (Å²) in [5, 5.41) is 2.87. The van der Waals surface area contributed by atoms with E-state index in [0.29, 0.717) is 36.4 Å². The number of ether oxygens (including phenoxy) is 1. The number of nitrogens with one attached hydrogen (secondary N) is 1. The molecule has 1 amide bonds. The fourth-order valence-electron chi connectivity index (χ4n) is 2.30. The van der Waals surface area contributed by atoms with Crippen LogP contribution in [-0.2, 0) is 11.2 Å². The van der Waals surface area contributed by atoms with E-state index in [2.05, 4.69) is 5.32 Å². The average molecular weight is 325 g/mol. The van der Waals surface area contributed by atoms with E-state index in [-0.39, 0.29) is 11.7 Å². The first-order valence-electron chi connectivity index (χ1n) is 8.21. The third kappa shape index (κ3) is 5.23. The van der Waals surface area contributed by atoms with Gasteiger partial charge in [0.15, 0.2) is 5.78 Å². The lowest BCUT2D eigenvalue weighted by Crippen LogP contribution is -2.14. The van der Waals surface area contributed by atoms with Gasteiger partial charge >= 0.3 is 0 Å². The minimum Gasteiger partial charge on any atom is -0.491 e. The Morgan fingerprint density at radius 2 is 1.83 bits per heavy atom. The Hall–Kier alpha value is -2.62. The summed E-state index contributed by atoms with van der Waals surface area (Å²) >= 11 is 0. The molecule has 0 spiro atoms. The number of carbonyl (C=O) groups is 2. The second kappa shape index (κ2) is 8.87. The van der Waals surface area contributed by atoms with E-state index < -0.39 is 0 Å². The molecule has 24 heavy (non-hydrogen) atoms. The van der Waals surface area contributed by atoms with Crippen LogP contribution in [0.3, 0.4) is 0 Å². The van der Waals surface area contributed by atoms with Gasteiger partial charge in [-0.2, -0.15) is 0 Å². The number of anilines is 1. The van der Waals surface area contributed by atoms with Crippen LogP contribution in [0.4, 0.5) is 5.69 Å². The molecular weight excluding hydrogens is 302 g/mol. The summed E-state index contributed by atoms with van der Waals surface area (Å²) in [6.45, 7) is 4.08. The predicted molar refractivity (Wildman–Crippen MR) is 95.6 cm³/mol. The number of Topliss-reactive ketones (excluding diaryl/α,β-unsaturated/α-hetero) is 1. The normalized spacial score (nSPS) is 10.2. The highest BCUT2D eigenvalue weighted by atomic mass is 16.5. The van der Waals surface area contributed by atoms with Crippen LogP contribution in [0, 0.1) is 0 Å². The molecule has 4 nitrogen and oxygen atoms in total. The topological polar surface area (TPSA) is 55.4 Å². The van der Waals surface area contributed by atoms with Gasteiger partial charge in [-0.1, -0.05) is 37.3 Å². The monoisotopic (exact) mass is 325 g/mol. The van der Waals surface area contributed by atoms with Crippen molar-refractivity contribution in [2.24, 2.45) is 0 Å². The smallest absolute Gasteiger partial charge is 0.224 e. The Morgan fingerprint density at radius 1 is 1.08 bits per heavy atom. The van der Waals surface area contributed by atoms with Crippen LogP contribution in [0.1, 0.15) is 42.6 Å². The Morgan fingerprint density at radius 3 is 2.50 bits per heavy atom. The first kappa shape index (κ1) is 17.7. The van der Waals surface area contributed by atoms with Crippen molar-refractivity contribution in [1.29, 1.82) is 0 Å². The van der Waals surface area contributed by atoms with Crippen LogP contribution >= 0.6 is 0 Å². The van der Waals surface area contributed by atoms with Crippen molar-refractivity contribution in [3.8, 4) is 5.75 Å². The van der Waals surface area contributed by atoms with E-state index in [1.807, 2.05) is 37.3 Å². The number of hydrogen-bond acceptors (Lipinski definition) is 3. The summed E-state index contributed by atoms with van der Waals surface area (Å²) in [5.41, 5.74) is 2.22. The largest absolute Gasteiger partial charge is 0.491 e. The van der Waals surface area contributed by atoms with E-state index in [1.54, 1.807) is 18.2 Å². The van der Waals surface area contributed by atoms with Crippen LogP contribution in [-0.4, -0.2) is 18.3 Å². The highest BCUT2D eigenvalue weighted by Crippen LogP contribution is 2.26. The highest BCUT2D eigenvalue weighted by molar-refractivity contribution is 5.98. The van der Waals surface area contributed by atoms with Gasteiger partial charge in [0.1, 0.15) is 5.75 Å². The summed E-state index contributed by atoms with van der Waals surface area (Å²) in [7, 11) is 0. The van der Waals surface area contributed by atoms with Crippen molar-refractivity contribution < 1.29 is 14.3 Å². The molecule has 0 saturated carbocycles. The fourth-order valence-corrected chi connectivity index (χ4v) is 2.30. The Bertz CT molecular complexity index is 695. The standard InChI is InChI=1S/C20H23NO3/c1-3-13-24-19-11-10-17(15(2)22)14-18(19)21-20(23)12-9-16-7-5-4-6-8-16/h4-8,10-11,14H,3,9,12-13H2,1-2H3,(H,21,23). The molecule has 0 aliphatic carbocycles. The molecule has 0 aromatic heterocycles. The first-order chi connectivity index (χ1) is 11.6. The molecule has 2 rings (SSSR count). The predicted octanol–water partition coefficient (Wildman–Crippen LogP) is 4.25. The lowest BCUT2D eigenvalue weighted by atomic mass is 10.1. The van der Waals surface area contributed by atoms with Gasteiger partial charge in [0.05, 0.1) is 12.3 Å². The second-order valence-corrected chi connectivity index (χ2v) is 5.65. The Labute approximate surface area is 142 Å². The number of rotatable bonds is 8. The molecule has 0 saturated heterocycles. The molecule has 0 unspecified atom stereocenters. The van der Waals surface area contributed by atoms with E-state index >= 15 is 0 Å². The van der Waals surface area contributed by atoms with Crippen LogP contribution in [0.2, 0.25) is 0 Å². The number of carbonyl (C=O) groups excluding carboxylic acids is 2. The van der Waals surface area contributed by atoms with Crippen molar-refractivity contribution in [2.75, 3.05) is 11.9 Å². The van der Waals surface area contributed by atoms with Gasteiger partial charge in [-0.15, -0.1) is 0 Å². The molecule has 0 radical (unpaired) electrons. The third-order valence-corrected chi connectivity index (χ3v) is 3.61. The summed E-state index contributed by atoms with van der Waals surface area (Å²) in [4.78, 5) is 23.8. The molecule has 0 fully saturated rings. The molecular formula is C20H23NO3. The average Bonchev–Trinajstić information content (AvgIpc) is 2.59. The fraction of sp³-hybridized carbons (Fsp3) is 0.300. The lowest BCUT2D eigenvalue weighted by Gasteiger charge is -2.13. The van der Waals surface area contributed by atoms with Crippen LogP contribution in [0.15, 0.2) is 48.5 Å². The maximum absolute atomic E-state index is 12.2. The number of ketones is 1. The van der Waals surface area contributed by atoms with Crippen LogP contribution in [0.25, 0.3) is 0 Å². The lowest BCUT2D eigenvalue weighted by molar-refractivity contribution is -0.116. The molecule has 4 heteroatoms.